The van der Waals surface area contributed by atoms with E-state index in [0.29, 0.717) is 6.04 Å². The number of piperidine rings is 2. The Balaban J connectivity index is 1.80. The van der Waals surface area contributed by atoms with Gasteiger partial charge in [-0.1, -0.05) is 6.42 Å². The van der Waals surface area contributed by atoms with Crippen LogP contribution in [-0.4, -0.2) is 47.9 Å². The summed E-state index contributed by atoms with van der Waals surface area (Å²) in [5, 5.41) is 8.79. The quantitative estimate of drug-likeness (QED) is 0.747. The van der Waals surface area contributed by atoms with Crippen LogP contribution in [0.4, 0.5) is 0 Å². The third-order valence-corrected chi connectivity index (χ3v) is 4.25. The summed E-state index contributed by atoms with van der Waals surface area (Å²) in [5.74, 6) is -0.480. The molecule has 2 rings (SSSR count). The van der Waals surface area contributed by atoms with E-state index in [1.807, 2.05) is 11.0 Å². The van der Waals surface area contributed by atoms with Crippen molar-refractivity contribution in [1.82, 2.24) is 9.80 Å². The Hall–Kier alpha value is -1.08. The van der Waals surface area contributed by atoms with Gasteiger partial charge in [-0.2, -0.15) is 5.26 Å². The molecule has 2 fully saturated rings. The van der Waals surface area contributed by atoms with Gasteiger partial charge in [-0.3, -0.25) is 4.79 Å². The van der Waals surface area contributed by atoms with Gasteiger partial charge in [0.2, 0.25) is 5.91 Å². The summed E-state index contributed by atoms with van der Waals surface area (Å²) in [6, 6.07) is 2.69. The van der Waals surface area contributed by atoms with Gasteiger partial charge in [0.05, 0.1) is 6.07 Å². The molecule has 2 aliphatic rings. The zero-order valence-corrected chi connectivity index (χ0v) is 11.3. The van der Waals surface area contributed by atoms with E-state index >= 15 is 0 Å². The van der Waals surface area contributed by atoms with Crippen LogP contribution in [-0.2, 0) is 4.79 Å². The summed E-state index contributed by atoms with van der Waals surface area (Å²) < 4.78 is 0. The van der Waals surface area contributed by atoms with Gasteiger partial charge in [0.15, 0.2) is 0 Å². The molecule has 0 bridgehead atoms. The number of hydrogen-bond acceptors (Lipinski definition) is 3. The average molecular weight is 249 g/mol. The zero-order chi connectivity index (χ0) is 13.0. The minimum absolute atomic E-state index is 0.00888. The second-order valence-corrected chi connectivity index (χ2v) is 5.50. The maximum atomic E-state index is 11.9. The van der Waals surface area contributed by atoms with Crippen molar-refractivity contribution in [3.8, 4) is 6.07 Å². The highest BCUT2D eigenvalue weighted by atomic mass is 16.2. The molecule has 0 aliphatic carbocycles. The minimum atomic E-state index is -0.489. The maximum Gasteiger partial charge on any atom is 0.239 e. The highest BCUT2D eigenvalue weighted by molar-refractivity contribution is 5.80. The fraction of sp³-hybridized carbons (Fsp3) is 0.857. The fourth-order valence-corrected chi connectivity index (χ4v) is 3.06. The van der Waals surface area contributed by atoms with E-state index in [2.05, 4.69) is 4.90 Å². The first kappa shape index (κ1) is 13.4. The van der Waals surface area contributed by atoms with Crippen molar-refractivity contribution >= 4 is 5.91 Å². The molecule has 1 unspecified atom stereocenters. The average Bonchev–Trinajstić information content (AvgIpc) is 2.47. The number of amides is 1. The second kappa shape index (κ2) is 6.19. The third kappa shape index (κ3) is 3.02. The van der Waals surface area contributed by atoms with Crippen LogP contribution in [0.25, 0.3) is 0 Å². The molecule has 0 N–H and O–H groups in total. The molecule has 1 amide bonds. The molecule has 2 aliphatic heterocycles. The van der Waals surface area contributed by atoms with Gasteiger partial charge >= 0.3 is 0 Å². The largest absolute Gasteiger partial charge is 0.341 e. The van der Waals surface area contributed by atoms with Crippen LogP contribution in [0, 0.1) is 17.2 Å². The highest BCUT2D eigenvalue weighted by Crippen LogP contribution is 2.21. The predicted octanol–water partition coefficient (Wildman–Crippen LogP) is 1.62. The Morgan fingerprint density at radius 1 is 1.17 bits per heavy atom. The molecule has 2 saturated heterocycles. The predicted molar refractivity (Wildman–Crippen MR) is 69.8 cm³/mol. The van der Waals surface area contributed by atoms with Crippen molar-refractivity contribution in [2.45, 2.75) is 45.1 Å². The third-order valence-electron chi connectivity index (χ3n) is 4.25. The van der Waals surface area contributed by atoms with Gasteiger partial charge in [-0.05, 0) is 45.7 Å². The smallest absolute Gasteiger partial charge is 0.239 e. The van der Waals surface area contributed by atoms with E-state index in [9.17, 15) is 4.79 Å². The number of hydrogen-bond donors (Lipinski definition) is 0. The zero-order valence-electron chi connectivity index (χ0n) is 11.3. The van der Waals surface area contributed by atoms with Crippen LogP contribution in [0.3, 0.4) is 0 Å². The number of carbonyl (C=O) groups is 1. The minimum Gasteiger partial charge on any atom is -0.341 e. The Bertz CT molecular complexity index is 322. The highest BCUT2D eigenvalue weighted by Gasteiger charge is 2.29. The Labute approximate surface area is 110 Å². The number of likely N-dealkylation sites (tertiary alicyclic amines) is 2. The van der Waals surface area contributed by atoms with Crippen LogP contribution in [0.5, 0.6) is 0 Å². The van der Waals surface area contributed by atoms with Gasteiger partial charge in [0.1, 0.15) is 5.92 Å². The van der Waals surface area contributed by atoms with Crippen molar-refractivity contribution in [3.63, 3.8) is 0 Å². The van der Waals surface area contributed by atoms with Crippen molar-refractivity contribution in [2.24, 2.45) is 5.92 Å². The monoisotopic (exact) mass is 249 g/mol. The lowest BCUT2D eigenvalue weighted by Gasteiger charge is -2.40. The molecule has 2 heterocycles. The lowest BCUT2D eigenvalue weighted by Crippen LogP contribution is -2.49. The molecule has 4 heteroatoms. The van der Waals surface area contributed by atoms with Crippen LogP contribution in [0.15, 0.2) is 0 Å². The number of nitriles is 1. The molecule has 1 atom stereocenters. The van der Waals surface area contributed by atoms with Crippen LogP contribution in [0.1, 0.15) is 39.0 Å². The second-order valence-electron chi connectivity index (χ2n) is 5.50. The van der Waals surface area contributed by atoms with Gasteiger partial charge in [-0.25, -0.2) is 0 Å². The molecule has 0 spiro atoms. The fourth-order valence-electron chi connectivity index (χ4n) is 3.06. The van der Waals surface area contributed by atoms with Crippen LogP contribution in [0.2, 0.25) is 0 Å². The first-order valence-electron chi connectivity index (χ1n) is 7.15. The van der Waals surface area contributed by atoms with Gasteiger partial charge in [-0.15, -0.1) is 0 Å². The van der Waals surface area contributed by atoms with E-state index in [4.69, 9.17) is 5.26 Å². The van der Waals surface area contributed by atoms with Gasteiger partial charge in [0.25, 0.3) is 0 Å². The molecule has 18 heavy (non-hydrogen) atoms. The van der Waals surface area contributed by atoms with Crippen LogP contribution >= 0.6 is 0 Å². The summed E-state index contributed by atoms with van der Waals surface area (Å²) in [4.78, 5) is 16.4. The molecule has 4 nitrogen and oxygen atoms in total. The SMILES string of the molecule is CC(C#N)C(=O)N1CCC(N2CCCCC2)CC1. The topological polar surface area (TPSA) is 47.3 Å². The normalized spacial score (nSPS) is 24.6. The number of rotatable bonds is 2. The summed E-state index contributed by atoms with van der Waals surface area (Å²) in [6.45, 7) is 5.80. The standard InChI is InChI=1S/C14H23N3O/c1-12(11-15)14(18)17-9-5-13(6-10-17)16-7-3-2-4-8-16/h12-13H,2-10H2,1H3. The molecule has 100 valence electrons. The van der Waals surface area contributed by atoms with Crippen molar-refractivity contribution in [1.29, 1.82) is 5.26 Å². The molecule has 0 aromatic carbocycles. The van der Waals surface area contributed by atoms with Crippen molar-refractivity contribution in [2.75, 3.05) is 26.2 Å². The molecular formula is C14H23N3O. The summed E-state index contributed by atoms with van der Waals surface area (Å²) in [5.41, 5.74) is 0. The van der Waals surface area contributed by atoms with Crippen molar-refractivity contribution in [3.05, 3.63) is 0 Å². The lowest BCUT2D eigenvalue weighted by atomic mass is 9.99. The van der Waals surface area contributed by atoms with E-state index in [0.717, 1.165) is 25.9 Å². The Morgan fingerprint density at radius 3 is 2.33 bits per heavy atom. The number of carbonyl (C=O) groups excluding carboxylic acids is 1. The summed E-state index contributed by atoms with van der Waals surface area (Å²) in [6.07, 6.45) is 6.16. The van der Waals surface area contributed by atoms with E-state index in [1.165, 1.54) is 32.4 Å². The van der Waals surface area contributed by atoms with Gasteiger partial charge < -0.3 is 9.80 Å². The number of nitrogens with zero attached hydrogens (tertiary/aromatic N) is 3. The first-order chi connectivity index (χ1) is 8.72. The molecule has 0 radical (unpaired) electrons. The summed E-state index contributed by atoms with van der Waals surface area (Å²) >= 11 is 0. The molecule has 0 aromatic rings. The van der Waals surface area contributed by atoms with Gasteiger partial charge in [0, 0.05) is 19.1 Å². The summed E-state index contributed by atoms with van der Waals surface area (Å²) in [7, 11) is 0. The van der Waals surface area contributed by atoms with E-state index < -0.39 is 5.92 Å². The molecule has 0 saturated carbocycles. The maximum absolute atomic E-state index is 11.9. The Morgan fingerprint density at radius 2 is 1.78 bits per heavy atom. The van der Waals surface area contributed by atoms with Crippen LogP contribution < -0.4 is 0 Å². The van der Waals surface area contributed by atoms with Crippen molar-refractivity contribution < 1.29 is 4.79 Å². The van der Waals surface area contributed by atoms with E-state index in [1.54, 1.807) is 6.92 Å². The molecular weight excluding hydrogens is 226 g/mol. The van der Waals surface area contributed by atoms with E-state index in [-0.39, 0.29) is 5.91 Å². The lowest BCUT2D eigenvalue weighted by molar-refractivity contribution is -0.134. The molecule has 0 aromatic heterocycles. The first-order valence-corrected chi connectivity index (χ1v) is 7.15. The Kier molecular flexibility index (Phi) is 4.60.